The Morgan fingerprint density at radius 2 is 1.90 bits per heavy atom. The number of aliphatic hydroxyl groups is 1. The monoisotopic (exact) mass is 288 g/mol. The number of para-hydroxylation sites is 1. The summed E-state index contributed by atoms with van der Waals surface area (Å²) in [4.78, 5) is 16.5. The number of piperidine rings is 1. The highest BCUT2D eigenvalue weighted by atomic mass is 16.3. The van der Waals surface area contributed by atoms with E-state index in [1.165, 1.54) is 24.8 Å². The highest BCUT2D eigenvalue weighted by molar-refractivity contribution is 5.96. The average Bonchev–Trinajstić information content (AvgIpc) is 2.90. The average molecular weight is 288 g/mol. The van der Waals surface area contributed by atoms with Gasteiger partial charge in [0.2, 0.25) is 5.91 Å². The maximum Gasteiger partial charge on any atom is 0.227 e. The Morgan fingerprint density at radius 3 is 2.62 bits per heavy atom. The fraction of sp³-hybridized carbons (Fsp3) is 0.588. The third-order valence-corrected chi connectivity index (χ3v) is 4.59. The molecular formula is C17H24N2O2. The Bertz CT molecular complexity index is 497. The van der Waals surface area contributed by atoms with Crippen molar-refractivity contribution in [2.24, 2.45) is 5.92 Å². The van der Waals surface area contributed by atoms with Gasteiger partial charge in [-0.3, -0.25) is 9.69 Å². The van der Waals surface area contributed by atoms with Crippen molar-refractivity contribution < 1.29 is 9.90 Å². The van der Waals surface area contributed by atoms with Crippen molar-refractivity contribution in [3.63, 3.8) is 0 Å². The van der Waals surface area contributed by atoms with Crippen LogP contribution in [0.2, 0.25) is 0 Å². The van der Waals surface area contributed by atoms with E-state index in [0.717, 1.165) is 25.3 Å². The van der Waals surface area contributed by atoms with Gasteiger partial charge in [-0.15, -0.1) is 0 Å². The zero-order chi connectivity index (χ0) is 14.7. The van der Waals surface area contributed by atoms with Crippen molar-refractivity contribution in [2.75, 3.05) is 31.1 Å². The lowest BCUT2D eigenvalue weighted by Gasteiger charge is -2.28. The van der Waals surface area contributed by atoms with Gasteiger partial charge in [-0.1, -0.05) is 24.6 Å². The number of benzene rings is 1. The summed E-state index contributed by atoms with van der Waals surface area (Å²) in [7, 11) is 0. The summed E-state index contributed by atoms with van der Waals surface area (Å²) >= 11 is 0. The Balaban J connectivity index is 1.77. The minimum Gasteiger partial charge on any atom is -0.396 e. The van der Waals surface area contributed by atoms with Crippen molar-refractivity contribution in [3.8, 4) is 0 Å². The fourth-order valence-corrected chi connectivity index (χ4v) is 3.40. The summed E-state index contributed by atoms with van der Waals surface area (Å²) in [5, 5.41) is 9.29. The maximum atomic E-state index is 12.2. The first-order valence-corrected chi connectivity index (χ1v) is 7.99. The molecule has 1 aromatic carbocycles. The van der Waals surface area contributed by atoms with Crippen molar-refractivity contribution in [1.82, 2.24) is 4.90 Å². The molecule has 1 atom stereocenters. The van der Waals surface area contributed by atoms with Crippen molar-refractivity contribution in [1.29, 1.82) is 0 Å². The fourth-order valence-electron chi connectivity index (χ4n) is 3.40. The predicted molar refractivity (Wildman–Crippen MR) is 83.1 cm³/mol. The van der Waals surface area contributed by atoms with Crippen LogP contribution in [0.3, 0.4) is 0 Å². The molecular weight excluding hydrogens is 264 g/mol. The van der Waals surface area contributed by atoms with E-state index in [1.807, 2.05) is 23.1 Å². The van der Waals surface area contributed by atoms with Crippen LogP contribution in [0.25, 0.3) is 0 Å². The lowest BCUT2D eigenvalue weighted by molar-refractivity contribution is -0.117. The SMILES string of the molecule is O=C1CC(CO)CN1c1ccccc1CN1CCCCC1. The summed E-state index contributed by atoms with van der Waals surface area (Å²) in [6, 6.07) is 8.21. The van der Waals surface area contributed by atoms with Crippen molar-refractivity contribution in [3.05, 3.63) is 29.8 Å². The van der Waals surface area contributed by atoms with Gasteiger partial charge in [-0.05, 0) is 37.6 Å². The second-order valence-electron chi connectivity index (χ2n) is 6.22. The van der Waals surface area contributed by atoms with Gasteiger partial charge in [0.05, 0.1) is 0 Å². The minimum absolute atomic E-state index is 0.0838. The van der Waals surface area contributed by atoms with Crippen LogP contribution in [-0.2, 0) is 11.3 Å². The Labute approximate surface area is 126 Å². The number of anilines is 1. The third-order valence-electron chi connectivity index (χ3n) is 4.59. The molecule has 3 rings (SSSR count). The molecule has 21 heavy (non-hydrogen) atoms. The molecule has 2 fully saturated rings. The van der Waals surface area contributed by atoms with Crippen LogP contribution in [0.4, 0.5) is 5.69 Å². The van der Waals surface area contributed by atoms with Crippen LogP contribution in [0.1, 0.15) is 31.2 Å². The van der Waals surface area contributed by atoms with E-state index in [0.29, 0.717) is 13.0 Å². The van der Waals surface area contributed by atoms with E-state index < -0.39 is 0 Å². The number of likely N-dealkylation sites (tertiary alicyclic amines) is 1. The Kier molecular flexibility index (Phi) is 4.56. The van der Waals surface area contributed by atoms with Gasteiger partial charge >= 0.3 is 0 Å². The topological polar surface area (TPSA) is 43.8 Å². The number of hydrogen-bond donors (Lipinski definition) is 1. The lowest BCUT2D eigenvalue weighted by atomic mass is 10.1. The molecule has 2 aliphatic rings. The Hall–Kier alpha value is -1.39. The van der Waals surface area contributed by atoms with E-state index in [4.69, 9.17) is 0 Å². The number of carbonyl (C=O) groups excluding carboxylic acids is 1. The zero-order valence-corrected chi connectivity index (χ0v) is 12.5. The van der Waals surface area contributed by atoms with Crippen LogP contribution in [0.15, 0.2) is 24.3 Å². The number of hydrogen-bond acceptors (Lipinski definition) is 3. The number of aliphatic hydroxyl groups excluding tert-OH is 1. The van der Waals surface area contributed by atoms with Gasteiger partial charge in [-0.2, -0.15) is 0 Å². The van der Waals surface area contributed by atoms with Gasteiger partial charge in [0.1, 0.15) is 0 Å². The normalized spacial score (nSPS) is 23.8. The molecule has 1 aromatic rings. The van der Waals surface area contributed by atoms with E-state index in [9.17, 15) is 9.90 Å². The first kappa shape index (κ1) is 14.5. The molecule has 0 bridgehead atoms. The van der Waals surface area contributed by atoms with Gasteiger partial charge in [0.25, 0.3) is 0 Å². The molecule has 114 valence electrons. The first-order valence-electron chi connectivity index (χ1n) is 7.99. The molecule has 0 aromatic heterocycles. The molecule has 4 nitrogen and oxygen atoms in total. The molecule has 2 aliphatic heterocycles. The quantitative estimate of drug-likeness (QED) is 0.922. The summed E-state index contributed by atoms with van der Waals surface area (Å²) < 4.78 is 0. The van der Waals surface area contributed by atoms with E-state index in [-0.39, 0.29) is 18.4 Å². The van der Waals surface area contributed by atoms with Crippen molar-refractivity contribution >= 4 is 11.6 Å². The largest absolute Gasteiger partial charge is 0.396 e. The van der Waals surface area contributed by atoms with Crippen molar-refractivity contribution in [2.45, 2.75) is 32.2 Å². The smallest absolute Gasteiger partial charge is 0.227 e. The van der Waals surface area contributed by atoms with E-state index >= 15 is 0 Å². The summed E-state index contributed by atoms with van der Waals surface area (Å²) in [6.07, 6.45) is 4.35. The second kappa shape index (κ2) is 6.58. The number of rotatable bonds is 4. The summed E-state index contributed by atoms with van der Waals surface area (Å²) in [5.74, 6) is 0.223. The molecule has 0 spiro atoms. The van der Waals surface area contributed by atoms with Crippen LogP contribution in [0, 0.1) is 5.92 Å². The maximum absolute atomic E-state index is 12.2. The van der Waals surface area contributed by atoms with Gasteiger partial charge in [-0.25, -0.2) is 0 Å². The van der Waals surface area contributed by atoms with E-state index in [1.54, 1.807) is 0 Å². The lowest BCUT2D eigenvalue weighted by Crippen LogP contribution is -2.31. The first-order chi connectivity index (χ1) is 10.3. The summed E-state index contributed by atoms with van der Waals surface area (Å²) in [5.41, 5.74) is 2.26. The minimum atomic E-state index is 0.0838. The van der Waals surface area contributed by atoms with Crippen LogP contribution in [-0.4, -0.2) is 42.2 Å². The molecule has 2 heterocycles. The zero-order valence-electron chi connectivity index (χ0n) is 12.5. The molecule has 0 radical (unpaired) electrons. The molecule has 1 N–H and O–H groups in total. The predicted octanol–water partition coefficient (Wildman–Crippen LogP) is 2.02. The molecule has 0 aliphatic carbocycles. The van der Waals surface area contributed by atoms with Gasteiger partial charge in [0.15, 0.2) is 0 Å². The molecule has 1 amide bonds. The summed E-state index contributed by atoms with van der Waals surface area (Å²) in [6.45, 7) is 3.97. The standard InChI is InChI=1S/C17H24N2O2/c20-13-14-10-17(21)19(11-14)16-7-3-2-6-15(16)12-18-8-4-1-5-9-18/h2-3,6-7,14,20H,1,4-5,8-13H2. The highest BCUT2D eigenvalue weighted by Crippen LogP contribution is 2.29. The van der Waals surface area contributed by atoms with Crippen LogP contribution in [0.5, 0.6) is 0 Å². The molecule has 2 saturated heterocycles. The van der Waals surface area contributed by atoms with Crippen LogP contribution < -0.4 is 4.90 Å². The van der Waals surface area contributed by atoms with Gasteiger partial charge in [0, 0.05) is 37.7 Å². The Morgan fingerprint density at radius 1 is 1.14 bits per heavy atom. The highest BCUT2D eigenvalue weighted by Gasteiger charge is 2.31. The number of nitrogens with zero attached hydrogens (tertiary/aromatic N) is 2. The van der Waals surface area contributed by atoms with Crippen LogP contribution >= 0.6 is 0 Å². The second-order valence-corrected chi connectivity index (χ2v) is 6.22. The molecule has 1 unspecified atom stereocenters. The van der Waals surface area contributed by atoms with E-state index in [2.05, 4.69) is 11.0 Å². The third kappa shape index (κ3) is 3.27. The number of carbonyl (C=O) groups is 1. The molecule has 4 heteroatoms. The molecule has 0 saturated carbocycles. The number of amides is 1. The van der Waals surface area contributed by atoms with Gasteiger partial charge < -0.3 is 10.0 Å².